The Labute approximate surface area is 120 Å². The van der Waals surface area contributed by atoms with Crippen LogP contribution in [0.15, 0.2) is 6.20 Å². The normalized spacial score (nSPS) is 12.6. The first-order valence-corrected chi connectivity index (χ1v) is 6.90. The first kappa shape index (κ1) is 16.9. The Morgan fingerprint density at radius 3 is 2.75 bits per heavy atom. The molecular formula is C13H26N4O3. The summed E-state index contributed by atoms with van der Waals surface area (Å²) in [5.74, 6) is 6.42. The summed E-state index contributed by atoms with van der Waals surface area (Å²) in [6.45, 7) is 4.72. The van der Waals surface area contributed by atoms with E-state index in [1.54, 1.807) is 20.4 Å². The minimum Gasteiger partial charge on any atom is -0.493 e. The van der Waals surface area contributed by atoms with Gasteiger partial charge in [0.1, 0.15) is 0 Å². The fourth-order valence-electron chi connectivity index (χ4n) is 2.02. The summed E-state index contributed by atoms with van der Waals surface area (Å²) in [6, 6.07) is -0.0541. The number of nitrogens with one attached hydrogen (secondary N) is 1. The lowest BCUT2D eigenvalue weighted by atomic mass is 10.1. The van der Waals surface area contributed by atoms with Crippen LogP contribution in [0.2, 0.25) is 0 Å². The fourth-order valence-corrected chi connectivity index (χ4v) is 2.02. The van der Waals surface area contributed by atoms with Crippen LogP contribution in [0, 0.1) is 0 Å². The van der Waals surface area contributed by atoms with Crippen molar-refractivity contribution in [2.75, 3.05) is 34.0 Å². The molecule has 0 spiro atoms. The molecule has 0 amide bonds. The molecule has 1 rings (SSSR count). The van der Waals surface area contributed by atoms with E-state index in [0.717, 1.165) is 30.8 Å². The van der Waals surface area contributed by atoms with Crippen molar-refractivity contribution in [3.8, 4) is 5.75 Å². The average Bonchev–Trinajstić information content (AvgIpc) is 2.86. The van der Waals surface area contributed by atoms with Crippen LogP contribution >= 0.6 is 0 Å². The monoisotopic (exact) mass is 286 g/mol. The van der Waals surface area contributed by atoms with Gasteiger partial charge in [-0.05, 0) is 12.8 Å². The molecule has 1 heterocycles. The summed E-state index contributed by atoms with van der Waals surface area (Å²) in [5.41, 5.74) is 3.78. The summed E-state index contributed by atoms with van der Waals surface area (Å²) < 4.78 is 17.7. The van der Waals surface area contributed by atoms with Gasteiger partial charge in [-0.1, -0.05) is 6.92 Å². The second-order valence-corrected chi connectivity index (χ2v) is 4.43. The smallest absolute Gasteiger partial charge is 0.161 e. The first-order valence-electron chi connectivity index (χ1n) is 6.90. The van der Waals surface area contributed by atoms with E-state index < -0.39 is 0 Å². The molecule has 0 aliphatic carbocycles. The summed E-state index contributed by atoms with van der Waals surface area (Å²) in [7, 11) is 3.29. The Kier molecular flexibility index (Phi) is 8.20. The van der Waals surface area contributed by atoms with E-state index in [1.807, 2.05) is 4.68 Å². The number of aryl methyl sites for hydroxylation is 1. The van der Waals surface area contributed by atoms with Crippen molar-refractivity contribution in [1.29, 1.82) is 0 Å². The first-order chi connectivity index (χ1) is 9.78. The van der Waals surface area contributed by atoms with Gasteiger partial charge in [0.15, 0.2) is 5.75 Å². The number of hydrogen-bond acceptors (Lipinski definition) is 6. The number of hydrazine groups is 1. The zero-order chi connectivity index (χ0) is 14.8. The highest BCUT2D eigenvalue weighted by Crippen LogP contribution is 2.26. The molecule has 1 atom stereocenters. The number of methoxy groups -OCH3 is 2. The Morgan fingerprint density at radius 2 is 2.15 bits per heavy atom. The highest BCUT2D eigenvalue weighted by Gasteiger charge is 2.20. The van der Waals surface area contributed by atoms with Gasteiger partial charge in [-0.15, -0.1) is 0 Å². The second-order valence-electron chi connectivity index (χ2n) is 4.43. The second kappa shape index (κ2) is 9.71. The standard InChI is InChI=1S/C13H26N4O3/c1-4-6-17-13(12(19-3)10-15-17)11(16-14)5-7-20-9-8-18-2/h10-11,16H,4-9,14H2,1-3H3. The summed E-state index contributed by atoms with van der Waals surface area (Å²) in [5, 5.41) is 4.34. The van der Waals surface area contributed by atoms with Crippen LogP contribution in [0.3, 0.4) is 0 Å². The number of hydrogen-bond donors (Lipinski definition) is 2. The molecule has 1 aromatic heterocycles. The van der Waals surface area contributed by atoms with Crippen molar-refractivity contribution < 1.29 is 14.2 Å². The topological polar surface area (TPSA) is 83.6 Å². The third-order valence-electron chi connectivity index (χ3n) is 3.01. The van der Waals surface area contributed by atoms with Gasteiger partial charge < -0.3 is 14.2 Å². The molecule has 7 heteroatoms. The third kappa shape index (κ3) is 4.75. The van der Waals surface area contributed by atoms with Crippen molar-refractivity contribution in [2.24, 2.45) is 5.84 Å². The number of nitrogens with two attached hydrogens (primary N) is 1. The van der Waals surface area contributed by atoms with Crippen LogP contribution in [0.1, 0.15) is 31.5 Å². The maximum atomic E-state index is 5.67. The Hall–Kier alpha value is -1.15. The molecule has 116 valence electrons. The summed E-state index contributed by atoms with van der Waals surface area (Å²) in [4.78, 5) is 0. The van der Waals surface area contributed by atoms with Gasteiger partial charge in [0.25, 0.3) is 0 Å². The third-order valence-corrected chi connectivity index (χ3v) is 3.01. The van der Waals surface area contributed by atoms with Gasteiger partial charge in [0, 0.05) is 20.3 Å². The largest absolute Gasteiger partial charge is 0.493 e. The molecule has 0 bridgehead atoms. The van der Waals surface area contributed by atoms with Gasteiger partial charge in [0.2, 0.25) is 0 Å². The average molecular weight is 286 g/mol. The van der Waals surface area contributed by atoms with Crippen LogP contribution in [0.4, 0.5) is 0 Å². The predicted molar refractivity (Wildman–Crippen MR) is 76.4 cm³/mol. The molecule has 0 saturated carbocycles. The molecule has 3 N–H and O–H groups in total. The van der Waals surface area contributed by atoms with Crippen LogP contribution in [-0.4, -0.2) is 43.8 Å². The van der Waals surface area contributed by atoms with Gasteiger partial charge >= 0.3 is 0 Å². The fraction of sp³-hybridized carbons (Fsp3) is 0.769. The molecule has 0 saturated heterocycles. The van der Waals surface area contributed by atoms with Crippen LogP contribution in [0.5, 0.6) is 5.75 Å². The van der Waals surface area contributed by atoms with Gasteiger partial charge in [-0.25, -0.2) is 0 Å². The van der Waals surface area contributed by atoms with Crippen LogP contribution in [0.25, 0.3) is 0 Å². The minimum atomic E-state index is -0.0541. The number of aromatic nitrogens is 2. The molecule has 0 radical (unpaired) electrons. The van der Waals surface area contributed by atoms with Crippen molar-refractivity contribution in [3.05, 3.63) is 11.9 Å². The molecule has 20 heavy (non-hydrogen) atoms. The highest BCUT2D eigenvalue weighted by molar-refractivity contribution is 5.28. The Balaban J connectivity index is 2.65. The SMILES string of the molecule is CCCn1ncc(OC)c1C(CCOCCOC)NN. The van der Waals surface area contributed by atoms with Gasteiger partial charge in [-0.2, -0.15) is 5.10 Å². The molecule has 0 aliphatic heterocycles. The van der Waals surface area contributed by atoms with E-state index in [4.69, 9.17) is 20.1 Å². The molecule has 7 nitrogen and oxygen atoms in total. The summed E-state index contributed by atoms with van der Waals surface area (Å²) >= 11 is 0. The van der Waals surface area contributed by atoms with E-state index in [-0.39, 0.29) is 6.04 Å². The molecule has 1 unspecified atom stereocenters. The van der Waals surface area contributed by atoms with Crippen LogP contribution in [-0.2, 0) is 16.0 Å². The van der Waals surface area contributed by atoms with Crippen molar-refractivity contribution in [3.63, 3.8) is 0 Å². The maximum absolute atomic E-state index is 5.67. The zero-order valence-electron chi connectivity index (χ0n) is 12.6. The highest BCUT2D eigenvalue weighted by atomic mass is 16.5. The van der Waals surface area contributed by atoms with Gasteiger partial charge in [-0.3, -0.25) is 16.0 Å². The number of rotatable bonds is 11. The Morgan fingerprint density at radius 1 is 1.35 bits per heavy atom. The van der Waals surface area contributed by atoms with E-state index in [0.29, 0.717) is 19.8 Å². The van der Waals surface area contributed by atoms with E-state index in [2.05, 4.69) is 17.4 Å². The molecule has 0 aliphatic rings. The number of ether oxygens (including phenoxy) is 3. The van der Waals surface area contributed by atoms with E-state index in [1.165, 1.54) is 0 Å². The van der Waals surface area contributed by atoms with Crippen LogP contribution < -0.4 is 16.0 Å². The number of nitrogens with zero attached hydrogens (tertiary/aromatic N) is 2. The van der Waals surface area contributed by atoms with Crippen molar-refractivity contribution in [1.82, 2.24) is 15.2 Å². The molecule has 0 fully saturated rings. The van der Waals surface area contributed by atoms with E-state index >= 15 is 0 Å². The lowest BCUT2D eigenvalue weighted by Gasteiger charge is -2.19. The quantitative estimate of drug-likeness (QED) is 0.356. The van der Waals surface area contributed by atoms with Gasteiger partial charge in [0.05, 0.1) is 38.3 Å². The van der Waals surface area contributed by atoms with E-state index in [9.17, 15) is 0 Å². The predicted octanol–water partition coefficient (Wildman–Crippen LogP) is 0.859. The van der Waals surface area contributed by atoms with Crippen molar-refractivity contribution in [2.45, 2.75) is 32.4 Å². The Bertz CT molecular complexity index is 370. The lowest BCUT2D eigenvalue weighted by molar-refractivity contribution is 0.0653. The molecular weight excluding hydrogens is 260 g/mol. The minimum absolute atomic E-state index is 0.0541. The summed E-state index contributed by atoms with van der Waals surface area (Å²) in [6.07, 6.45) is 3.46. The lowest BCUT2D eigenvalue weighted by Crippen LogP contribution is -2.31. The maximum Gasteiger partial charge on any atom is 0.161 e. The van der Waals surface area contributed by atoms with Crippen molar-refractivity contribution >= 4 is 0 Å². The molecule has 0 aromatic carbocycles. The zero-order valence-corrected chi connectivity index (χ0v) is 12.6. The molecule has 1 aromatic rings.